The van der Waals surface area contributed by atoms with Crippen LogP contribution in [0.4, 0.5) is 0 Å². The number of aryl methyl sites for hydroxylation is 2. The van der Waals surface area contributed by atoms with Crippen LogP contribution < -0.4 is 4.72 Å². The first-order valence-corrected chi connectivity index (χ1v) is 9.42. The number of nitrogens with one attached hydrogen (secondary N) is 1. The van der Waals surface area contributed by atoms with Crippen molar-refractivity contribution in [3.63, 3.8) is 0 Å². The van der Waals surface area contributed by atoms with Gasteiger partial charge in [-0.15, -0.1) is 0 Å². The molecule has 0 atom stereocenters. The van der Waals surface area contributed by atoms with E-state index in [2.05, 4.69) is 14.8 Å². The Bertz CT molecular complexity index is 998. The van der Waals surface area contributed by atoms with Crippen LogP contribution in [-0.4, -0.2) is 23.2 Å². The molecule has 1 N–H and O–H groups in total. The number of sulfonamides is 1. The van der Waals surface area contributed by atoms with E-state index in [4.69, 9.17) is 11.6 Å². The molecule has 8 heteroatoms. The van der Waals surface area contributed by atoms with E-state index in [0.29, 0.717) is 10.6 Å². The van der Waals surface area contributed by atoms with Gasteiger partial charge < -0.3 is 0 Å². The van der Waals surface area contributed by atoms with Crippen LogP contribution in [0.5, 0.6) is 0 Å². The van der Waals surface area contributed by atoms with Crippen molar-refractivity contribution in [2.75, 3.05) is 0 Å². The molecule has 0 bridgehead atoms. The largest absolute Gasteiger partial charge is 0.266 e. The van der Waals surface area contributed by atoms with Crippen molar-refractivity contribution in [1.82, 2.24) is 19.5 Å². The van der Waals surface area contributed by atoms with E-state index >= 15 is 0 Å². The van der Waals surface area contributed by atoms with Gasteiger partial charge in [0.05, 0.1) is 16.3 Å². The van der Waals surface area contributed by atoms with Gasteiger partial charge in [-0.25, -0.2) is 13.1 Å². The monoisotopic (exact) mass is 376 g/mol. The molecule has 0 spiro atoms. The normalized spacial score (nSPS) is 11.6. The third kappa shape index (κ3) is 3.89. The number of hydrogen-bond acceptors (Lipinski definition) is 4. The summed E-state index contributed by atoms with van der Waals surface area (Å²) < 4.78 is 29.3. The minimum atomic E-state index is -3.65. The summed E-state index contributed by atoms with van der Waals surface area (Å²) in [5, 5.41) is 4.49. The zero-order valence-electron chi connectivity index (χ0n) is 13.8. The number of hydrogen-bond donors (Lipinski definition) is 1. The van der Waals surface area contributed by atoms with Crippen LogP contribution in [0.1, 0.15) is 11.1 Å². The van der Waals surface area contributed by atoms with Crippen LogP contribution in [-0.2, 0) is 23.6 Å². The quantitative estimate of drug-likeness (QED) is 0.742. The fourth-order valence-electron chi connectivity index (χ4n) is 2.43. The third-order valence-corrected chi connectivity index (χ3v) is 5.59. The molecule has 0 saturated carbocycles. The van der Waals surface area contributed by atoms with Gasteiger partial charge >= 0.3 is 0 Å². The van der Waals surface area contributed by atoms with Crippen LogP contribution in [0.2, 0.25) is 5.02 Å². The highest BCUT2D eigenvalue weighted by molar-refractivity contribution is 7.89. The molecule has 0 amide bonds. The molecule has 0 aliphatic carbocycles. The smallest absolute Gasteiger partial charge is 0.241 e. The molecule has 25 heavy (non-hydrogen) atoms. The molecule has 0 radical (unpaired) electrons. The van der Waals surface area contributed by atoms with Crippen LogP contribution in [0.25, 0.3) is 11.4 Å². The Kier molecular flexibility index (Phi) is 4.89. The second kappa shape index (κ2) is 6.95. The van der Waals surface area contributed by atoms with Gasteiger partial charge in [0.15, 0.2) is 0 Å². The molecule has 0 saturated heterocycles. The van der Waals surface area contributed by atoms with Crippen molar-refractivity contribution in [3.05, 3.63) is 64.9 Å². The molecule has 2 aromatic heterocycles. The maximum Gasteiger partial charge on any atom is 0.241 e. The predicted molar refractivity (Wildman–Crippen MR) is 96.7 cm³/mol. The van der Waals surface area contributed by atoms with Gasteiger partial charge in [0, 0.05) is 31.0 Å². The summed E-state index contributed by atoms with van der Waals surface area (Å²) in [5.74, 6) is 0. The maximum absolute atomic E-state index is 12.5. The van der Waals surface area contributed by atoms with Gasteiger partial charge in [-0.3, -0.25) is 9.67 Å². The standard InChI is InChI=1S/C17H17ClN4O2S/c1-12-3-5-14(18)9-17(12)25(23,24)21-11-13-4-6-15(19-10-13)16-7-8-20-22(16)2/h3-10,21H,11H2,1-2H3. The zero-order chi connectivity index (χ0) is 18.0. The molecule has 0 aliphatic rings. The van der Waals surface area contributed by atoms with E-state index in [1.807, 2.05) is 25.2 Å². The number of aromatic nitrogens is 3. The van der Waals surface area contributed by atoms with Crippen molar-refractivity contribution >= 4 is 21.6 Å². The fraction of sp³-hybridized carbons (Fsp3) is 0.176. The first kappa shape index (κ1) is 17.6. The maximum atomic E-state index is 12.5. The zero-order valence-corrected chi connectivity index (χ0v) is 15.3. The molecule has 2 heterocycles. The lowest BCUT2D eigenvalue weighted by molar-refractivity contribution is 0.580. The highest BCUT2D eigenvalue weighted by atomic mass is 35.5. The van der Waals surface area contributed by atoms with Gasteiger partial charge in [-0.05, 0) is 42.3 Å². The average Bonchev–Trinajstić information content (AvgIpc) is 3.02. The molecule has 6 nitrogen and oxygen atoms in total. The summed E-state index contributed by atoms with van der Waals surface area (Å²) in [6, 6.07) is 10.3. The van der Waals surface area contributed by atoms with E-state index in [9.17, 15) is 8.42 Å². The van der Waals surface area contributed by atoms with Crippen molar-refractivity contribution in [2.45, 2.75) is 18.4 Å². The van der Waals surface area contributed by atoms with E-state index in [1.54, 1.807) is 36.1 Å². The Labute approximate surface area is 151 Å². The van der Waals surface area contributed by atoms with Crippen molar-refractivity contribution < 1.29 is 8.42 Å². The summed E-state index contributed by atoms with van der Waals surface area (Å²) >= 11 is 5.91. The first-order valence-electron chi connectivity index (χ1n) is 7.56. The second-order valence-corrected chi connectivity index (χ2v) is 7.80. The molecule has 0 unspecified atom stereocenters. The molecule has 1 aromatic carbocycles. The lowest BCUT2D eigenvalue weighted by Crippen LogP contribution is -2.24. The molecule has 0 aliphatic heterocycles. The summed E-state index contributed by atoms with van der Waals surface area (Å²) in [7, 11) is -1.81. The molecular formula is C17H17ClN4O2S. The first-order chi connectivity index (χ1) is 11.9. The van der Waals surface area contributed by atoms with E-state index < -0.39 is 10.0 Å². The molecule has 0 fully saturated rings. The topological polar surface area (TPSA) is 76.9 Å². The number of pyridine rings is 1. The summed E-state index contributed by atoms with van der Waals surface area (Å²) in [4.78, 5) is 4.55. The SMILES string of the molecule is Cc1ccc(Cl)cc1S(=O)(=O)NCc1ccc(-c2ccnn2C)nc1. The van der Waals surface area contributed by atoms with Gasteiger partial charge in [0.1, 0.15) is 0 Å². The van der Waals surface area contributed by atoms with E-state index in [0.717, 1.165) is 17.0 Å². The number of nitrogens with zero attached hydrogens (tertiary/aromatic N) is 3. The van der Waals surface area contributed by atoms with Gasteiger partial charge in [-0.1, -0.05) is 23.7 Å². The Morgan fingerprint density at radius 3 is 2.64 bits per heavy atom. The lowest BCUT2D eigenvalue weighted by atomic mass is 10.2. The van der Waals surface area contributed by atoms with Crippen molar-refractivity contribution in [1.29, 1.82) is 0 Å². The van der Waals surface area contributed by atoms with Gasteiger partial charge in [0.25, 0.3) is 0 Å². The van der Waals surface area contributed by atoms with Crippen LogP contribution >= 0.6 is 11.6 Å². The number of halogens is 1. The van der Waals surface area contributed by atoms with Gasteiger partial charge in [-0.2, -0.15) is 5.10 Å². The number of benzene rings is 1. The molecular weight excluding hydrogens is 360 g/mol. The van der Waals surface area contributed by atoms with Crippen LogP contribution in [0.15, 0.2) is 53.7 Å². The third-order valence-electron chi connectivity index (χ3n) is 3.81. The molecule has 3 aromatic rings. The van der Waals surface area contributed by atoms with Crippen molar-refractivity contribution in [3.8, 4) is 11.4 Å². The van der Waals surface area contributed by atoms with Gasteiger partial charge in [0.2, 0.25) is 10.0 Å². The minimum absolute atomic E-state index is 0.146. The lowest BCUT2D eigenvalue weighted by Gasteiger charge is -2.10. The van der Waals surface area contributed by atoms with E-state index in [1.165, 1.54) is 6.07 Å². The Hall–Kier alpha value is -2.22. The summed E-state index contributed by atoms with van der Waals surface area (Å²) in [6.45, 7) is 1.88. The van der Waals surface area contributed by atoms with Crippen molar-refractivity contribution in [2.24, 2.45) is 7.05 Å². The molecule has 130 valence electrons. The molecule has 3 rings (SSSR count). The number of rotatable bonds is 5. The fourth-order valence-corrected chi connectivity index (χ4v) is 3.95. The minimum Gasteiger partial charge on any atom is -0.266 e. The summed E-state index contributed by atoms with van der Waals surface area (Å²) in [6.07, 6.45) is 3.35. The summed E-state index contributed by atoms with van der Waals surface area (Å²) in [5.41, 5.74) is 3.06. The average molecular weight is 377 g/mol. The van der Waals surface area contributed by atoms with Crippen LogP contribution in [0, 0.1) is 6.92 Å². The Balaban J connectivity index is 1.75. The highest BCUT2D eigenvalue weighted by Gasteiger charge is 2.17. The second-order valence-electron chi connectivity index (χ2n) is 5.63. The predicted octanol–water partition coefficient (Wildman–Crippen LogP) is 2.92. The Morgan fingerprint density at radius 1 is 1.20 bits per heavy atom. The van der Waals surface area contributed by atoms with Crippen LogP contribution in [0.3, 0.4) is 0 Å². The Morgan fingerprint density at radius 2 is 2.00 bits per heavy atom. The van der Waals surface area contributed by atoms with E-state index in [-0.39, 0.29) is 11.4 Å². The highest BCUT2D eigenvalue weighted by Crippen LogP contribution is 2.20.